The molecule has 3 nitrogen and oxygen atoms in total. The molecular weight excluding hydrogens is 340 g/mol. The second-order valence-electron chi connectivity index (χ2n) is 2.91. The predicted octanol–water partition coefficient (Wildman–Crippen LogP) is 3.70. The molecule has 5 heteroatoms. The number of ether oxygens (including phenoxy) is 2. The van der Waals surface area contributed by atoms with Gasteiger partial charge in [0.15, 0.2) is 0 Å². The minimum atomic E-state index is -0.362. The number of carbonyl (C=O) groups excluding carboxylic acids is 1. The molecule has 16 heavy (non-hydrogen) atoms. The third-order valence-electron chi connectivity index (χ3n) is 1.58. The molecule has 0 aliphatic rings. The smallest absolute Gasteiger partial charge is 0.308 e. The van der Waals surface area contributed by atoms with Crippen LogP contribution in [0.1, 0.15) is 6.92 Å². The van der Waals surface area contributed by atoms with Gasteiger partial charge in [-0.15, -0.1) is 0 Å². The van der Waals surface area contributed by atoms with E-state index in [4.69, 9.17) is 9.47 Å². The minimum absolute atomic E-state index is 0.362. The lowest BCUT2D eigenvalue weighted by Crippen LogP contribution is -2.02. The Bertz CT molecular complexity index is 393. The number of hydrogen-bond acceptors (Lipinski definition) is 3. The number of benzene rings is 1. The highest BCUT2D eigenvalue weighted by molar-refractivity contribution is 9.11. The van der Waals surface area contributed by atoms with Crippen LogP contribution in [0.15, 0.2) is 33.7 Å². The van der Waals surface area contributed by atoms with Gasteiger partial charge in [0.25, 0.3) is 0 Å². The number of halogens is 2. The number of hydrogen-bond donors (Lipinski definition) is 0. The molecule has 0 amide bonds. The maximum Gasteiger partial charge on any atom is 0.308 e. The van der Waals surface area contributed by atoms with Gasteiger partial charge in [0.05, 0.1) is 8.95 Å². The lowest BCUT2D eigenvalue weighted by molar-refractivity contribution is -0.131. The van der Waals surface area contributed by atoms with Crippen molar-refractivity contribution in [3.63, 3.8) is 0 Å². The number of rotatable bonds is 4. The van der Waals surface area contributed by atoms with E-state index in [1.54, 1.807) is 18.2 Å². The molecule has 0 saturated heterocycles. The highest BCUT2D eigenvalue weighted by Gasteiger charge is 2.10. The maximum atomic E-state index is 10.8. The highest BCUT2D eigenvalue weighted by atomic mass is 79.9. The van der Waals surface area contributed by atoms with Crippen molar-refractivity contribution < 1.29 is 14.3 Å². The molecule has 0 fully saturated rings. The van der Waals surface area contributed by atoms with E-state index in [1.165, 1.54) is 6.92 Å². The van der Waals surface area contributed by atoms with E-state index < -0.39 is 0 Å². The summed E-state index contributed by atoms with van der Waals surface area (Å²) in [7, 11) is 0. The summed E-state index contributed by atoms with van der Waals surface area (Å²) in [5.74, 6) is 0.742. The first-order chi connectivity index (χ1) is 7.54. The van der Waals surface area contributed by atoms with Crippen LogP contribution in [0.4, 0.5) is 0 Å². The van der Waals surface area contributed by atoms with Gasteiger partial charge < -0.3 is 9.47 Å². The Hall–Kier alpha value is -0.810. The summed E-state index contributed by atoms with van der Waals surface area (Å²) < 4.78 is 11.8. The fourth-order valence-electron chi connectivity index (χ4n) is 1.04. The quantitative estimate of drug-likeness (QED) is 0.472. The average Bonchev–Trinajstić information content (AvgIpc) is 2.15. The minimum Gasteiger partial charge on any atom is -0.487 e. The number of carbonyl (C=O) groups is 1. The second-order valence-corrected chi connectivity index (χ2v) is 4.62. The van der Waals surface area contributed by atoms with E-state index in [1.807, 2.05) is 0 Å². The first kappa shape index (κ1) is 13.3. The lowest BCUT2D eigenvalue weighted by atomic mass is 10.3. The molecule has 0 aliphatic carbocycles. The van der Waals surface area contributed by atoms with E-state index in [0.29, 0.717) is 27.1 Å². The molecule has 0 aromatic heterocycles. The van der Waals surface area contributed by atoms with E-state index in [2.05, 4.69) is 38.4 Å². The fraction of sp³-hybridized carbons (Fsp3) is 0.182. The third kappa shape index (κ3) is 3.64. The topological polar surface area (TPSA) is 35.5 Å². The molecule has 0 aliphatic heterocycles. The Morgan fingerprint density at radius 3 is 2.44 bits per heavy atom. The zero-order chi connectivity index (χ0) is 12.1. The van der Waals surface area contributed by atoms with Crippen molar-refractivity contribution >= 4 is 37.8 Å². The van der Waals surface area contributed by atoms with Crippen LogP contribution >= 0.6 is 31.9 Å². The molecule has 86 valence electrons. The standard InChI is InChI=1S/C11H10Br2O3/c1-3-4-15-11-9(12)5-8(6-10(11)13)16-7(2)14/h3,5-6H,1,4H2,2H3. The summed E-state index contributed by atoms with van der Waals surface area (Å²) >= 11 is 6.67. The van der Waals surface area contributed by atoms with Crippen LogP contribution in [0.25, 0.3) is 0 Å². The summed E-state index contributed by atoms with van der Waals surface area (Å²) in [6, 6.07) is 3.34. The van der Waals surface area contributed by atoms with Gasteiger partial charge in [-0.3, -0.25) is 4.79 Å². The van der Waals surface area contributed by atoms with Crippen LogP contribution in [0, 0.1) is 0 Å². The summed E-state index contributed by atoms with van der Waals surface area (Å²) in [6.07, 6.45) is 1.65. The summed E-state index contributed by atoms with van der Waals surface area (Å²) in [4.78, 5) is 10.8. The molecule has 0 spiro atoms. The molecular formula is C11H10Br2O3. The van der Waals surface area contributed by atoms with Crippen LogP contribution < -0.4 is 9.47 Å². The van der Waals surface area contributed by atoms with Gasteiger partial charge in [0.2, 0.25) is 0 Å². The molecule has 0 atom stereocenters. The zero-order valence-corrected chi connectivity index (χ0v) is 11.8. The Morgan fingerprint density at radius 1 is 1.44 bits per heavy atom. The van der Waals surface area contributed by atoms with Gasteiger partial charge >= 0.3 is 5.97 Å². The Balaban J connectivity index is 2.97. The van der Waals surface area contributed by atoms with E-state index in [9.17, 15) is 4.79 Å². The first-order valence-electron chi connectivity index (χ1n) is 4.45. The molecule has 1 aromatic rings. The highest BCUT2D eigenvalue weighted by Crippen LogP contribution is 2.37. The van der Waals surface area contributed by atoms with Gasteiger partial charge in [0, 0.05) is 6.92 Å². The van der Waals surface area contributed by atoms with Crippen molar-refractivity contribution in [1.29, 1.82) is 0 Å². The molecule has 1 aromatic carbocycles. The van der Waals surface area contributed by atoms with Gasteiger partial charge in [-0.05, 0) is 44.0 Å². The Morgan fingerprint density at radius 2 is 2.00 bits per heavy atom. The van der Waals surface area contributed by atoms with Crippen LogP contribution in [0.2, 0.25) is 0 Å². The number of esters is 1. The first-order valence-corrected chi connectivity index (χ1v) is 6.04. The van der Waals surface area contributed by atoms with Crippen LogP contribution in [-0.4, -0.2) is 12.6 Å². The van der Waals surface area contributed by atoms with E-state index >= 15 is 0 Å². The normalized spacial score (nSPS) is 9.69. The monoisotopic (exact) mass is 348 g/mol. The SMILES string of the molecule is C=CCOc1c(Br)cc(OC(C)=O)cc1Br. The van der Waals surface area contributed by atoms with Crippen LogP contribution in [-0.2, 0) is 4.79 Å². The average molecular weight is 350 g/mol. The molecule has 1 rings (SSSR count). The molecule has 0 unspecified atom stereocenters. The van der Waals surface area contributed by atoms with Crippen molar-refractivity contribution in [2.75, 3.05) is 6.61 Å². The van der Waals surface area contributed by atoms with Gasteiger partial charge in [0.1, 0.15) is 18.1 Å². The van der Waals surface area contributed by atoms with Crippen molar-refractivity contribution in [2.24, 2.45) is 0 Å². The summed E-state index contributed by atoms with van der Waals surface area (Å²) in [5.41, 5.74) is 0. The summed E-state index contributed by atoms with van der Waals surface area (Å²) in [5, 5.41) is 0. The second kappa shape index (κ2) is 6.06. The van der Waals surface area contributed by atoms with E-state index in [0.717, 1.165) is 0 Å². The molecule has 0 heterocycles. The van der Waals surface area contributed by atoms with Crippen LogP contribution in [0.3, 0.4) is 0 Å². The van der Waals surface area contributed by atoms with Crippen molar-refractivity contribution in [3.8, 4) is 11.5 Å². The zero-order valence-electron chi connectivity index (χ0n) is 8.63. The van der Waals surface area contributed by atoms with Crippen LogP contribution in [0.5, 0.6) is 11.5 Å². The maximum absolute atomic E-state index is 10.8. The van der Waals surface area contributed by atoms with Crippen molar-refractivity contribution in [1.82, 2.24) is 0 Å². The molecule has 0 bridgehead atoms. The predicted molar refractivity (Wildman–Crippen MR) is 68.8 cm³/mol. The molecule has 0 radical (unpaired) electrons. The van der Waals surface area contributed by atoms with Gasteiger partial charge in [-0.25, -0.2) is 0 Å². The largest absolute Gasteiger partial charge is 0.487 e. The van der Waals surface area contributed by atoms with Crippen molar-refractivity contribution in [2.45, 2.75) is 6.92 Å². The fourth-order valence-corrected chi connectivity index (χ4v) is 2.42. The third-order valence-corrected chi connectivity index (χ3v) is 2.76. The Kier molecular flexibility index (Phi) is 5.02. The summed E-state index contributed by atoms with van der Waals surface area (Å²) in [6.45, 7) is 5.33. The van der Waals surface area contributed by atoms with Gasteiger partial charge in [-0.2, -0.15) is 0 Å². The molecule has 0 saturated carbocycles. The lowest BCUT2D eigenvalue weighted by Gasteiger charge is -2.10. The van der Waals surface area contributed by atoms with Gasteiger partial charge in [-0.1, -0.05) is 12.7 Å². The van der Waals surface area contributed by atoms with E-state index in [-0.39, 0.29) is 5.97 Å². The van der Waals surface area contributed by atoms with Crippen molar-refractivity contribution in [3.05, 3.63) is 33.7 Å². The molecule has 0 N–H and O–H groups in total. The Labute approximate surface area is 111 Å².